The lowest BCUT2D eigenvalue weighted by atomic mass is 10.0. The van der Waals surface area contributed by atoms with E-state index in [4.69, 9.17) is 0 Å². The second-order valence-corrected chi connectivity index (χ2v) is 7.13. The molecule has 0 unspecified atom stereocenters. The van der Waals surface area contributed by atoms with E-state index in [-0.39, 0.29) is 5.91 Å². The minimum atomic E-state index is -0.197. The molecule has 1 heterocycles. The smallest absolute Gasteiger partial charge is 0.267 e. The molecule has 4 rings (SSSR count). The van der Waals surface area contributed by atoms with Gasteiger partial charge in [-0.25, -0.2) is 0 Å². The maximum Gasteiger partial charge on any atom is 0.280 e. The van der Waals surface area contributed by atoms with Crippen LogP contribution in [-0.2, 0) is 0 Å². The Labute approximate surface area is 164 Å². The second-order valence-electron chi connectivity index (χ2n) is 7.13. The van der Waals surface area contributed by atoms with Crippen LogP contribution in [0.3, 0.4) is 0 Å². The number of hydrogen-bond donors (Lipinski definition) is 0. The minimum absolute atomic E-state index is 0.197. The molecule has 0 bridgehead atoms. The van der Waals surface area contributed by atoms with Crippen LogP contribution in [0, 0.1) is 20.8 Å². The molecule has 0 atom stereocenters. The summed E-state index contributed by atoms with van der Waals surface area (Å²) in [5.41, 5.74) is 7.21. The molecule has 0 N–H and O–H groups in total. The normalized spacial score (nSPS) is 11.8. The zero-order chi connectivity index (χ0) is 19.7. The summed E-state index contributed by atoms with van der Waals surface area (Å²) in [6.07, 6.45) is 1.91. The van der Waals surface area contributed by atoms with Crippen molar-refractivity contribution in [1.82, 2.24) is 15.0 Å². The highest BCUT2D eigenvalue weighted by Crippen LogP contribution is 2.23. The summed E-state index contributed by atoms with van der Waals surface area (Å²) in [7, 11) is 0. The standard InChI is InChI=1S/C24H21N3O/c1-16-4-9-19(10-5-16)15-21(20-11-6-17(2)7-12-20)24(28)27-23-14-18(3)8-13-22(23)25-26-27/h4-15H,1-3H3/b21-15+. The third kappa shape index (κ3) is 3.49. The molecular weight excluding hydrogens is 346 g/mol. The summed E-state index contributed by atoms with van der Waals surface area (Å²) in [6.45, 7) is 6.07. The van der Waals surface area contributed by atoms with E-state index in [1.54, 1.807) is 0 Å². The van der Waals surface area contributed by atoms with Crippen molar-refractivity contribution in [3.05, 3.63) is 94.5 Å². The molecule has 0 aliphatic carbocycles. The van der Waals surface area contributed by atoms with E-state index >= 15 is 0 Å². The summed E-state index contributed by atoms with van der Waals surface area (Å²) < 4.78 is 1.39. The molecule has 138 valence electrons. The zero-order valence-electron chi connectivity index (χ0n) is 16.2. The third-order valence-corrected chi connectivity index (χ3v) is 4.77. The van der Waals surface area contributed by atoms with Gasteiger partial charge in [-0.3, -0.25) is 4.79 Å². The van der Waals surface area contributed by atoms with Crippen LogP contribution >= 0.6 is 0 Å². The number of aromatic nitrogens is 3. The average molecular weight is 367 g/mol. The summed E-state index contributed by atoms with van der Waals surface area (Å²) in [5, 5.41) is 8.29. The Morgan fingerprint density at radius 2 is 1.43 bits per heavy atom. The van der Waals surface area contributed by atoms with Crippen LogP contribution in [0.5, 0.6) is 0 Å². The van der Waals surface area contributed by atoms with Gasteiger partial charge in [-0.1, -0.05) is 70.9 Å². The lowest BCUT2D eigenvalue weighted by Crippen LogP contribution is -2.14. The monoisotopic (exact) mass is 367 g/mol. The fraction of sp³-hybridized carbons (Fsp3) is 0.125. The first kappa shape index (κ1) is 17.9. The molecule has 1 aromatic heterocycles. The van der Waals surface area contributed by atoms with Crippen molar-refractivity contribution < 1.29 is 4.79 Å². The summed E-state index contributed by atoms with van der Waals surface area (Å²) in [4.78, 5) is 13.5. The van der Waals surface area contributed by atoms with E-state index in [2.05, 4.69) is 10.3 Å². The van der Waals surface area contributed by atoms with E-state index in [1.807, 2.05) is 93.6 Å². The number of aryl methyl sites for hydroxylation is 3. The number of nitrogens with zero attached hydrogens (tertiary/aromatic N) is 3. The largest absolute Gasteiger partial charge is 0.280 e. The molecule has 0 spiro atoms. The summed E-state index contributed by atoms with van der Waals surface area (Å²) in [5.74, 6) is -0.197. The number of hydrogen-bond acceptors (Lipinski definition) is 3. The van der Waals surface area contributed by atoms with E-state index in [0.29, 0.717) is 16.6 Å². The SMILES string of the molecule is Cc1ccc(/C=C(/C(=O)n2nnc3ccc(C)cc32)c2ccc(C)cc2)cc1. The molecule has 4 heteroatoms. The number of fused-ring (bicyclic) bond motifs is 1. The highest BCUT2D eigenvalue weighted by molar-refractivity contribution is 6.26. The zero-order valence-corrected chi connectivity index (χ0v) is 16.2. The van der Waals surface area contributed by atoms with Gasteiger partial charge in [-0.2, -0.15) is 4.68 Å². The lowest BCUT2D eigenvalue weighted by molar-refractivity contribution is 0.0969. The number of allylic oxidation sites excluding steroid dienone is 1. The van der Waals surface area contributed by atoms with Crippen LogP contribution in [0.4, 0.5) is 0 Å². The molecule has 3 aromatic carbocycles. The Morgan fingerprint density at radius 1 is 0.821 bits per heavy atom. The van der Waals surface area contributed by atoms with Gasteiger partial charge >= 0.3 is 0 Å². The molecule has 28 heavy (non-hydrogen) atoms. The molecule has 0 aliphatic heterocycles. The fourth-order valence-corrected chi connectivity index (χ4v) is 3.12. The van der Waals surface area contributed by atoms with Gasteiger partial charge in [-0.15, -0.1) is 5.10 Å². The first-order chi connectivity index (χ1) is 13.5. The molecule has 0 aliphatic rings. The Bertz CT molecular complexity index is 1180. The maximum absolute atomic E-state index is 13.5. The first-order valence-corrected chi connectivity index (χ1v) is 9.23. The molecule has 0 saturated heterocycles. The Hall–Kier alpha value is -3.53. The lowest BCUT2D eigenvalue weighted by Gasteiger charge is -2.09. The van der Waals surface area contributed by atoms with Gasteiger partial charge < -0.3 is 0 Å². The third-order valence-electron chi connectivity index (χ3n) is 4.77. The van der Waals surface area contributed by atoms with Crippen molar-refractivity contribution in [3.8, 4) is 0 Å². The van der Waals surface area contributed by atoms with Crippen LogP contribution in [0.15, 0.2) is 66.7 Å². The molecule has 4 aromatic rings. The quantitative estimate of drug-likeness (QED) is 0.368. The van der Waals surface area contributed by atoms with Gasteiger partial charge in [0.25, 0.3) is 5.91 Å². The number of rotatable bonds is 3. The van der Waals surface area contributed by atoms with Gasteiger partial charge in [-0.05, 0) is 55.7 Å². The van der Waals surface area contributed by atoms with Crippen LogP contribution in [0.2, 0.25) is 0 Å². The number of carbonyl (C=O) groups excluding carboxylic acids is 1. The van der Waals surface area contributed by atoms with Crippen LogP contribution in [-0.4, -0.2) is 20.9 Å². The van der Waals surface area contributed by atoms with E-state index in [0.717, 1.165) is 22.3 Å². The van der Waals surface area contributed by atoms with Gasteiger partial charge in [0, 0.05) is 5.57 Å². The summed E-state index contributed by atoms with van der Waals surface area (Å²) in [6, 6.07) is 21.9. The van der Waals surface area contributed by atoms with E-state index in [9.17, 15) is 4.79 Å². The van der Waals surface area contributed by atoms with Crippen molar-refractivity contribution in [3.63, 3.8) is 0 Å². The molecule has 0 saturated carbocycles. The van der Waals surface area contributed by atoms with Crippen LogP contribution < -0.4 is 0 Å². The van der Waals surface area contributed by atoms with Crippen LogP contribution in [0.25, 0.3) is 22.7 Å². The van der Waals surface area contributed by atoms with Gasteiger partial charge in [0.05, 0.1) is 5.52 Å². The highest BCUT2D eigenvalue weighted by atomic mass is 16.2. The minimum Gasteiger partial charge on any atom is -0.267 e. The second kappa shape index (κ2) is 7.24. The molecule has 0 amide bonds. The van der Waals surface area contributed by atoms with Crippen molar-refractivity contribution >= 4 is 28.6 Å². The Balaban J connectivity index is 1.86. The number of benzene rings is 3. The Morgan fingerprint density at radius 3 is 2.11 bits per heavy atom. The average Bonchev–Trinajstić information content (AvgIpc) is 3.11. The van der Waals surface area contributed by atoms with Crippen molar-refractivity contribution in [1.29, 1.82) is 0 Å². The van der Waals surface area contributed by atoms with Crippen LogP contribution in [0.1, 0.15) is 32.6 Å². The predicted molar refractivity (Wildman–Crippen MR) is 113 cm³/mol. The molecular formula is C24H21N3O. The van der Waals surface area contributed by atoms with Crippen molar-refractivity contribution in [2.24, 2.45) is 0 Å². The van der Waals surface area contributed by atoms with E-state index < -0.39 is 0 Å². The first-order valence-electron chi connectivity index (χ1n) is 9.23. The van der Waals surface area contributed by atoms with Gasteiger partial charge in [0.2, 0.25) is 0 Å². The summed E-state index contributed by atoms with van der Waals surface area (Å²) >= 11 is 0. The topological polar surface area (TPSA) is 47.8 Å². The van der Waals surface area contributed by atoms with Crippen molar-refractivity contribution in [2.45, 2.75) is 20.8 Å². The molecule has 4 nitrogen and oxygen atoms in total. The fourth-order valence-electron chi connectivity index (χ4n) is 3.12. The van der Waals surface area contributed by atoms with Crippen molar-refractivity contribution in [2.75, 3.05) is 0 Å². The predicted octanol–water partition coefficient (Wildman–Crippen LogP) is 5.24. The molecule has 0 radical (unpaired) electrons. The van der Waals surface area contributed by atoms with Gasteiger partial charge in [0.1, 0.15) is 5.52 Å². The maximum atomic E-state index is 13.5. The Kier molecular flexibility index (Phi) is 4.62. The molecule has 0 fully saturated rings. The van der Waals surface area contributed by atoms with Gasteiger partial charge in [0.15, 0.2) is 0 Å². The highest BCUT2D eigenvalue weighted by Gasteiger charge is 2.18. The van der Waals surface area contributed by atoms with E-state index in [1.165, 1.54) is 10.2 Å². The number of carbonyl (C=O) groups is 1.